The van der Waals surface area contributed by atoms with Crippen LogP contribution in [-0.2, 0) is 14.4 Å². The van der Waals surface area contributed by atoms with Crippen LogP contribution in [0.1, 0.15) is 90.9 Å². The number of Topliss-reactive ketones (excluding diaryl/α,β-unsaturated/α-hetero) is 2. The number of carbonyl (C=O) groups excluding carboxylic acids is 2. The molecule has 1 aliphatic heterocycles. The van der Waals surface area contributed by atoms with Crippen LogP contribution in [0.15, 0.2) is 0 Å². The molecule has 4 aliphatic rings. The van der Waals surface area contributed by atoms with Crippen LogP contribution in [-0.4, -0.2) is 94.5 Å². The number of nitrogens with one attached hydrogen (secondary N) is 1. The Morgan fingerprint density at radius 1 is 0.902 bits per heavy atom. The molecule has 2 N–H and O–H groups in total. The molecule has 4 unspecified atom stereocenters. The number of hydrogen-bond donors (Lipinski definition) is 2. The Morgan fingerprint density at radius 3 is 2.05 bits per heavy atom. The summed E-state index contributed by atoms with van der Waals surface area (Å²) in [6, 6.07) is 1.27. The van der Waals surface area contributed by atoms with Crippen molar-refractivity contribution in [2.75, 3.05) is 37.9 Å². The SMILES string of the molecule is CC(C)N1CC(C(=O)O)C(=O)C2CCC(C(=O)C3CCC(NC4CCC(CCN(CCCl)CCCl)CC4)CC3)CC21. The number of aliphatic carboxylic acids is 1. The van der Waals surface area contributed by atoms with Gasteiger partial charge in [-0.1, -0.05) is 0 Å². The molecule has 0 radical (unpaired) electrons. The van der Waals surface area contributed by atoms with Gasteiger partial charge in [-0.3, -0.25) is 19.3 Å². The van der Waals surface area contributed by atoms with Crippen molar-refractivity contribution in [2.45, 2.75) is 115 Å². The molecule has 0 aromatic rings. The minimum Gasteiger partial charge on any atom is -0.481 e. The van der Waals surface area contributed by atoms with Crippen LogP contribution >= 0.6 is 23.2 Å². The van der Waals surface area contributed by atoms with Gasteiger partial charge in [-0.05, 0) is 103 Å². The maximum absolute atomic E-state index is 13.6. The van der Waals surface area contributed by atoms with Crippen LogP contribution in [0.5, 0.6) is 0 Å². The van der Waals surface area contributed by atoms with Gasteiger partial charge in [0.15, 0.2) is 5.78 Å². The molecule has 0 aromatic heterocycles. The van der Waals surface area contributed by atoms with Gasteiger partial charge in [-0.25, -0.2) is 0 Å². The number of piperidine rings is 1. The van der Waals surface area contributed by atoms with Crippen molar-refractivity contribution in [3.05, 3.63) is 0 Å². The molecule has 7 nitrogen and oxygen atoms in total. The van der Waals surface area contributed by atoms with Crippen molar-refractivity contribution >= 4 is 40.7 Å². The van der Waals surface area contributed by atoms with Crippen LogP contribution < -0.4 is 5.32 Å². The maximum atomic E-state index is 13.6. The van der Waals surface area contributed by atoms with Crippen LogP contribution in [0, 0.1) is 29.6 Å². The molecule has 4 atom stereocenters. The third kappa shape index (κ3) is 8.68. The standard InChI is InChI=1S/C32H53Cl2N3O4/c1-21(2)37-20-28(32(40)41)31(39)27-12-7-24(19-29(27)37)30(38)23-5-10-26(11-6-23)35-25-8-3-22(4-9-25)13-16-36(17-14-33)18-15-34/h21-29,35H,3-20H2,1-2H3,(H,40,41). The van der Waals surface area contributed by atoms with Gasteiger partial charge in [-0.2, -0.15) is 0 Å². The number of rotatable bonds is 13. The molecular weight excluding hydrogens is 561 g/mol. The summed E-state index contributed by atoms with van der Waals surface area (Å²) in [6.45, 7) is 7.34. The van der Waals surface area contributed by atoms with Gasteiger partial charge >= 0.3 is 5.97 Å². The largest absolute Gasteiger partial charge is 0.481 e. The number of carbonyl (C=O) groups is 3. The Hall–Kier alpha value is -0.730. The molecule has 0 spiro atoms. The average molecular weight is 615 g/mol. The van der Waals surface area contributed by atoms with Crippen molar-refractivity contribution in [3.8, 4) is 0 Å². The summed E-state index contributed by atoms with van der Waals surface area (Å²) < 4.78 is 0. The van der Waals surface area contributed by atoms with E-state index in [1.165, 1.54) is 32.1 Å². The van der Waals surface area contributed by atoms with Crippen molar-refractivity contribution in [2.24, 2.45) is 29.6 Å². The first kappa shape index (κ1) is 33.2. The fourth-order valence-corrected chi connectivity index (χ4v) is 8.84. The van der Waals surface area contributed by atoms with E-state index in [9.17, 15) is 19.5 Å². The minimum absolute atomic E-state index is 0.00117. The van der Waals surface area contributed by atoms with Gasteiger partial charge < -0.3 is 15.3 Å². The molecular formula is C32H53Cl2N3O4. The van der Waals surface area contributed by atoms with Gasteiger partial charge in [0.05, 0.1) is 0 Å². The van der Waals surface area contributed by atoms with Gasteiger partial charge in [-0.15, -0.1) is 23.2 Å². The predicted octanol–water partition coefficient (Wildman–Crippen LogP) is 5.21. The summed E-state index contributed by atoms with van der Waals surface area (Å²) in [5, 5.41) is 13.6. The highest BCUT2D eigenvalue weighted by molar-refractivity contribution is 6.18. The van der Waals surface area contributed by atoms with Gasteiger partial charge in [0, 0.05) is 73.3 Å². The fourth-order valence-electron chi connectivity index (χ4n) is 8.36. The smallest absolute Gasteiger partial charge is 0.315 e. The summed E-state index contributed by atoms with van der Waals surface area (Å²) >= 11 is 11.9. The Bertz CT molecular complexity index is 867. The molecule has 4 rings (SSSR count). The zero-order valence-corrected chi connectivity index (χ0v) is 26.8. The third-order valence-corrected chi connectivity index (χ3v) is 11.1. The lowest BCUT2D eigenvalue weighted by Crippen LogP contribution is -2.60. The number of likely N-dealkylation sites (tertiary alicyclic amines) is 1. The monoisotopic (exact) mass is 613 g/mol. The lowest BCUT2D eigenvalue weighted by Gasteiger charge is -2.49. The minimum atomic E-state index is -1.01. The number of carboxylic acids is 1. The number of fused-ring (bicyclic) bond motifs is 1. The number of halogens is 2. The molecule has 4 fully saturated rings. The van der Waals surface area contributed by atoms with Crippen molar-refractivity contribution < 1.29 is 19.5 Å². The van der Waals surface area contributed by atoms with Crippen molar-refractivity contribution in [1.82, 2.24) is 15.1 Å². The Balaban J connectivity index is 1.19. The third-order valence-electron chi connectivity index (χ3n) is 10.8. The number of alkyl halides is 2. The molecule has 41 heavy (non-hydrogen) atoms. The van der Waals surface area contributed by atoms with E-state index in [1.54, 1.807) is 0 Å². The number of nitrogens with zero attached hydrogens (tertiary/aromatic N) is 2. The van der Waals surface area contributed by atoms with E-state index >= 15 is 0 Å². The highest BCUT2D eigenvalue weighted by Crippen LogP contribution is 2.41. The quantitative estimate of drug-likeness (QED) is 0.218. The Morgan fingerprint density at radius 2 is 1.49 bits per heavy atom. The van der Waals surface area contributed by atoms with Gasteiger partial charge in [0.1, 0.15) is 11.7 Å². The highest BCUT2D eigenvalue weighted by Gasteiger charge is 2.49. The zero-order valence-electron chi connectivity index (χ0n) is 25.2. The molecule has 1 saturated heterocycles. The molecule has 0 amide bonds. The second kappa shape index (κ2) is 15.8. The summed E-state index contributed by atoms with van der Waals surface area (Å²) in [7, 11) is 0. The second-order valence-corrected chi connectivity index (χ2v) is 14.4. The summed E-state index contributed by atoms with van der Waals surface area (Å²) in [6.07, 6.45) is 12.4. The van der Waals surface area contributed by atoms with E-state index in [0.717, 1.165) is 57.7 Å². The average Bonchev–Trinajstić information content (AvgIpc) is 2.96. The van der Waals surface area contributed by atoms with E-state index in [0.29, 0.717) is 42.5 Å². The summed E-state index contributed by atoms with van der Waals surface area (Å²) in [4.78, 5) is 42.9. The van der Waals surface area contributed by atoms with Crippen LogP contribution in [0.25, 0.3) is 0 Å². The van der Waals surface area contributed by atoms with E-state index in [2.05, 4.69) is 29.0 Å². The number of carboxylic acid groups (broad SMARTS) is 1. The van der Waals surface area contributed by atoms with Crippen LogP contribution in [0.4, 0.5) is 0 Å². The fraction of sp³-hybridized carbons (Fsp3) is 0.906. The van der Waals surface area contributed by atoms with Crippen molar-refractivity contribution in [1.29, 1.82) is 0 Å². The highest BCUT2D eigenvalue weighted by atomic mass is 35.5. The molecule has 234 valence electrons. The first-order chi connectivity index (χ1) is 19.7. The molecule has 3 aliphatic carbocycles. The summed E-state index contributed by atoms with van der Waals surface area (Å²) in [5.74, 6) is 0.341. The lowest BCUT2D eigenvalue weighted by atomic mass is 9.67. The molecule has 1 heterocycles. The van der Waals surface area contributed by atoms with Gasteiger partial charge in [0.25, 0.3) is 0 Å². The first-order valence-electron chi connectivity index (χ1n) is 16.4. The summed E-state index contributed by atoms with van der Waals surface area (Å²) in [5.41, 5.74) is 0. The molecule has 0 aromatic carbocycles. The molecule has 9 heteroatoms. The molecule has 0 bridgehead atoms. The van der Waals surface area contributed by atoms with E-state index < -0.39 is 11.9 Å². The Labute approximate surface area is 257 Å². The predicted molar refractivity (Wildman–Crippen MR) is 165 cm³/mol. The van der Waals surface area contributed by atoms with E-state index in [1.807, 2.05) is 0 Å². The second-order valence-electron chi connectivity index (χ2n) is 13.6. The number of ketones is 2. The topological polar surface area (TPSA) is 90.0 Å². The Kier molecular flexibility index (Phi) is 12.8. The van der Waals surface area contributed by atoms with Crippen LogP contribution in [0.3, 0.4) is 0 Å². The van der Waals surface area contributed by atoms with E-state index in [-0.39, 0.29) is 42.2 Å². The maximum Gasteiger partial charge on any atom is 0.315 e. The normalized spacial score (nSPS) is 35.0. The lowest BCUT2D eigenvalue weighted by molar-refractivity contribution is -0.156. The first-order valence-corrected chi connectivity index (χ1v) is 17.4. The van der Waals surface area contributed by atoms with Gasteiger partial charge in [0.2, 0.25) is 0 Å². The van der Waals surface area contributed by atoms with Crippen molar-refractivity contribution in [3.63, 3.8) is 0 Å². The number of hydrogen-bond acceptors (Lipinski definition) is 6. The molecule has 3 saturated carbocycles. The van der Waals surface area contributed by atoms with Crippen LogP contribution in [0.2, 0.25) is 0 Å². The van der Waals surface area contributed by atoms with E-state index in [4.69, 9.17) is 23.2 Å². The zero-order chi connectivity index (χ0) is 29.5.